The van der Waals surface area contributed by atoms with Gasteiger partial charge in [0.2, 0.25) is 15.5 Å². The molecule has 1 aromatic heterocycles. The van der Waals surface area contributed by atoms with E-state index in [9.17, 15) is 18.0 Å². The third-order valence-electron chi connectivity index (χ3n) is 3.37. The van der Waals surface area contributed by atoms with Crippen molar-refractivity contribution in [1.29, 1.82) is 0 Å². The van der Waals surface area contributed by atoms with Gasteiger partial charge in [-0.1, -0.05) is 18.2 Å². The van der Waals surface area contributed by atoms with Crippen molar-refractivity contribution >= 4 is 32.6 Å². The summed E-state index contributed by atoms with van der Waals surface area (Å²) in [5, 5.41) is 9.01. The molecule has 0 bridgehead atoms. The number of aromatic carboxylic acids is 1. The molecule has 8 nitrogen and oxygen atoms in total. The molecule has 3 rings (SSSR count). The van der Waals surface area contributed by atoms with Gasteiger partial charge >= 0.3 is 5.97 Å². The fourth-order valence-corrected chi connectivity index (χ4v) is 2.84. The van der Waals surface area contributed by atoms with E-state index in [2.05, 4.69) is 4.72 Å². The normalized spacial score (nSPS) is 11.3. The van der Waals surface area contributed by atoms with Gasteiger partial charge in [-0.2, -0.15) is 0 Å². The molecular weight excluding hydrogens is 362 g/mol. The fourth-order valence-electron chi connectivity index (χ4n) is 2.28. The fraction of sp³-hybridized carbons (Fsp3) is 0.0588. The first-order valence-electron chi connectivity index (χ1n) is 7.28. The summed E-state index contributed by atoms with van der Waals surface area (Å²) in [6, 6.07) is 11.0. The van der Waals surface area contributed by atoms with Crippen LogP contribution in [0.25, 0.3) is 11.0 Å². The molecule has 3 aromatic rings. The molecule has 0 amide bonds. The summed E-state index contributed by atoms with van der Waals surface area (Å²) in [7, 11) is -3.64. The molecule has 0 aliphatic heterocycles. The molecule has 9 heteroatoms. The van der Waals surface area contributed by atoms with E-state index in [1.807, 2.05) is 0 Å². The Labute approximate surface area is 147 Å². The van der Waals surface area contributed by atoms with Gasteiger partial charge in [0.25, 0.3) is 0 Å². The lowest BCUT2D eigenvalue weighted by molar-refractivity contribution is 0.0693. The zero-order chi connectivity index (χ0) is 18.9. The van der Waals surface area contributed by atoms with Crippen molar-refractivity contribution in [2.75, 3.05) is 11.0 Å². The van der Waals surface area contributed by atoms with Crippen LogP contribution in [0.2, 0.25) is 0 Å². The highest BCUT2D eigenvalue weighted by Crippen LogP contribution is 2.33. The van der Waals surface area contributed by atoms with Gasteiger partial charge < -0.3 is 14.3 Å². The standard InChI is InChI=1S/C17H13NO7S/c1-26(22,23)18-13-8-14-11(16(19)12(9-24-14)17(20)21)7-15(13)25-10-5-3-2-4-6-10/h2-9,18H,1H3,(H,20,21). The van der Waals surface area contributed by atoms with Gasteiger partial charge in [-0.3, -0.25) is 9.52 Å². The number of hydrogen-bond acceptors (Lipinski definition) is 6. The monoisotopic (exact) mass is 375 g/mol. The average Bonchev–Trinajstić information content (AvgIpc) is 2.55. The summed E-state index contributed by atoms with van der Waals surface area (Å²) in [4.78, 5) is 23.4. The van der Waals surface area contributed by atoms with E-state index in [0.717, 1.165) is 12.5 Å². The van der Waals surface area contributed by atoms with E-state index < -0.39 is 27.0 Å². The van der Waals surface area contributed by atoms with Gasteiger partial charge in [0.1, 0.15) is 23.2 Å². The number of anilines is 1. The van der Waals surface area contributed by atoms with E-state index >= 15 is 0 Å². The lowest BCUT2D eigenvalue weighted by Crippen LogP contribution is -2.15. The highest BCUT2D eigenvalue weighted by molar-refractivity contribution is 7.92. The quantitative estimate of drug-likeness (QED) is 0.703. The van der Waals surface area contributed by atoms with Crippen LogP contribution in [0.3, 0.4) is 0 Å². The number of carboxylic acids is 1. The van der Waals surface area contributed by atoms with Crippen molar-refractivity contribution in [2.24, 2.45) is 0 Å². The van der Waals surface area contributed by atoms with Crippen molar-refractivity contribution in [1.82, 2.24) is 0 Å². The largest absolute Gasteiger partial charge is 0.477 e. The van der Waals surface area contributed by atoms with Crippen LogP contribution in [-0.2, 0) is 10.0 Å². The number of carbonyl (C=O) groups is 1. The van der Waals surface area contributed by atoms with Gasteiger partial charge in [-0.25, -0.2) is 13.2 Å². The Hall–Kier alpha value is -3.33. The van der Waals surface area contributed by atoms with E-state index in [1.165, 1.54) is 12.1 Å². The molecule has 0 saturated carbocycles. The number of sulfonamides is 1. The third kappa shape index (κ3) is 3.67. The smallest absolute Gasteiger partial charge is 0.342 e. The predicted molar refractivity (Wildman–Crippen MR) is 94.4 cm³/mol. The number of rotatable bonds is 5. The lowest BCUT2D eigenvalue weighted by atomic mass is 10.1. The molecule has 0 atom stereocenters. The number of para-hydroxylation sites is 1. The Morgan fingerprint density at radius 2 is 1.88 bits per heavy atom. The topological polar surface area (TPSA) is 123 Å². The second-order valence-corrected chi connectivity index (χ2v) is 7.17. The van der Waals surface area contributed by atoms with Crippen LogP contribution < -0.4 is 14.9 Å². The molecule has 0 unspecified atom stereocenters. The van der Waals surface area contributed by atoms with Crippen molar-refractivity contribution < 1.29 is 27.5 Å². The van der Waals surface area contributed by atoms with Crippen molar-refractivity contribution in [3.8, 4) is 11.5 Å². The Morgan fingerprint density at radius 3 is 2.50 bits per heavy atom. The highest BCUT2D eigenvalue weighted by Gasteiger charge is 2.18. The summed E-state index contributed by atoms with van der Waals surface area (Å²) in [6.45, 7) is 0. The molecule has 0 saturated heterocycles. The van der Waals surface area contributed by atoms with Crippen LogP contribution in [-0.4, -0.2) is 25.7 Å². The summed E-state index contributed by atoms with van der Waals surface area (Å²) >= 11 is 0. The number of nitrogens with one attached hydrogen (secondary N) is 1. The lowest BCUT2D eigenvalue weighted by Gasteiger charge is -2.13. The summed E-state index contributed by atoms with van der Waals surface area (Å²) < 4.78 is 36.4. The van der Waals surface area contributed by atoms with Gasteiger partial charge in [-0.05, 0) is 18.2 Å². The molecule has 26 heavy (non-hydrogen) atoms. The maximum Gasteiger partial charge on any atom is 0.342 e. The first kappa shape index (κ1) is 17.5. The van der Waals surface area contributed by atoms with Crippen molar-refractivity contribution in [3.63, 3.8) is 0 Å². The SMILES string of the molecule is CS(=O)(=O)Nc1cc2occ(C(=O)O)c(=O)c2cc1Oc1ccccc1. The summed E-state index contributed by atoms with van der Waals surface area (Å²) in [5.41, 5.74) is -1.23. The van der Waals surface area contributed by atoms with E-state index in [1.54, 1.807) is 30.3 Å². The van der Waals surface area contributed by atoms with Crippen LogP contribution in [0.5, 0.6) is 11.5 Å². The summed E-state index contributed by atoms with van der Waals surface area (Å²) in [5.74, 6) is -0.990. The van der Waals surface area contributed by atoms with E-state index in [0.29, 0.717) is 5.75 Å². The van der Waals surface area contributed by atoms with Gasteiger partial charge in [0.05, 0.1) is 17.3 Å². The number of ether oxygens (including phenoxy) is 1. The van der Waals surface area contributed by atoms with Crippen LogP contribution in [0.4, 0.5) is 5.69 Å². The minimum absolute atomic E-state index is 0.0200. The maximum atomic E-state index is 12.3. The molecule has 0 aliphatic carbocycles. The first-order chi connectivity index (χ1) is 12.2. The zero-order valence-corrected chi connectivity index (χ0v) is 14.2. The van der Waals surface area contributed by atoms with Gasteiger partial charge in [0.15, 0.2) is 5.75 Å². The van der Waals surface area contributed by atoms with Crippen LogP contribution in [0.1, 0.15) is 10.4 Å². The third-order valence-corrected chi connectivity index (χ3v) is 3.96. The highest BCUT2D eigenvalue weighted by atomic mass is 32.2. The first-order valence-corrected chi connectivity index (χ1v) is 9.17. The Kier molecular flexibility index (Phi) is 4.39. The minimum Gasteiger partial charge on any atom is -0.477 e. The molecule has 0 spiro atoms. The zero-order valence-electron chi connectivity index (χ0n) is 13.4. The Bertz CT molecular complexity index is 1150. The van der Waals surface area contributed by atoms with Gasteiger partial charge in [-0.15, -0.1) is 0 Å². The number of fused-ring (bicyclic) bond motifs is 1. The molecule has 0 aliphatic rings. The number of carboxylic acid groups (broad SMARTS) is 1. The molecule has 2 N–H and O–H groups in total. The molecule has 1 heterocycles. The van der Waals surface area contributed by atoms with Crippen LogP contribution in [0.15, 0.2) is 57.9 Å². The molecule has 0 radical (unpaired) electrons. The second-order valence-electron chi connectivity index (χ2n) is 5.42. The minimum atomic E-state index is -3.64. The second kappa shape index (κ2) is 6.52. The number of benzene rings is 2. The molecule has 0 fully saturated rings. The molecule has 2 aromatic carbocycles. The Balaban J connectivity index is 2.23. The van der Waals surface area contributed by atoms with Gasteiger partial charge in [0, 0.05) is 6.07 Å². The maximum absolute atomic E-state index is 12.3. The van der Waals surface area contributed by atoms with Crippen molar-refractivity contribution in [2.45, 2.75) is 0 Å². The molecule has 134 valence electrons. The van der Waals surface area contributed by atoms with Crippen LogP contribution >= 0.6 is 0 Å². The van der Waals surface area contributed by atoms with Crippen LogP contribution in [0, 0.1) is 0 Å². The summed E-state index contributed by atoms with van der Waals surface area (Å²) in [6.07, 6.45) is 1.78. The van der Waals surface area contributed by atoms with E-state index in [-0.39, 0.29) is 22.4 Å². The van der Waals surface area contributed by atoms with E-state index in [4.69, 9.17) is 14.3 Å². The number of hydrogen-bond donors (Lipinski definition) is 2. The predicted octanol–water partition coefficient (Wildman–Crippen LogP) is 2.66. The Morgan fingerprint density at radius 1 is 1.19 bits per heavy atom. The van der Waals surface area contributed by atoms with Crippen molar-refractivity contribution in [3.05, 3.63) is 64.5 Å². The average molecular weight is 375 g/mol. The molecular formula is C17H13NO7S.